The van der Waals surface area contributed by atoms with Crippen molar-refractivity contribution in [3.8, 4) is 11.1 Å². The summed E-state index contributed by atoms with van der Waals surface area (Å²) in [5.41, 5.74) is 11.8. The summed E-state index contributed by atoms with van der Waals surface area (Å²) in [6.45, 7) is 21.0. The molecule has 0 aromatic heterocycles. The standard InChI is InChI=1S/C36H50/c1-10-14-29-15-13-16-31(25-29)34-22-21-33(24-27(34)5)36(11-2,12-3)32-20-19-30(26(4)23-32)18-17-28(6)35(7,8)9/h13,15-16,19-25,28H,10-12,14,17-18H2,1-9H3. The predicted molar refractivity (Wildman–Crippen MR) is 160 cm³/mol. The van der Waals surface area contributed by atoms with E-state index >= 15 is 0 Å². The van der Waals surface area contributed by atoms with Gasteiger partial charge >= 0.3 is 0 Å². The molecule has 3 aromatic carbocycles. The molecule has 0 nitrogen and oxygen atoms in total. The summed E-state index contributed by atoms with van der Waals surface area (Å²) in [5.74, 6) is 0.714. The van der Waals surface area contributed by atoms with Crippen molar-refractivity contribution in [2.24, 2.45) is 11.3 Å². The van der Waals surface area contributed by atoms with Crippen LogP contribution in [0.2, 0.25) is 0 Å². The van der Waals surface area contributed by atoms with Gasteiger partial charge < -0.3 is 0 Å². The van der Waals surface area contributed by atoms with Gasteiger partial charge in [-0.25, -0.2) is 0 Å². The van der Waals surface area contributed by atoms with Gasteiger partial charge in [-0.3, -0.25) is 0 Å². The molecule has 1 unspecified atom stereocenters. The van der Waals surface area contributed by atoms with Crippen molar-refractivity contribution in [3.05, 3.63) is 94.0 Å². The average molecular weight is 483 g/mol. The summed E-state index contributed by atoms with van der Waals surface area (Å²) in [7, 11) is 0. The fraction of sp³-hybridized carbons (Fsp3) is 0.500. The van der Waals surface area contributed by atoms with Crippen LogP contribution in [0.3, 0.4) is 0 Å². The molecule has 194 valence electrons. The van der Waals surface area contributed by atoms with E-state index in [9.17, 15) is 0 Å². The quantitative estimate of drug-likeness (QED) is 0.269. The summed E-state index contributed by atoms with van der Waals surface area (Å²) in [6, 6.07) is 23.7. The smallest absolute Gasteiger partial charge is 0.0197 e. The van der Waals surface area contributed by atoms with Crippen LogP contribution >= 0.6 is 0 Å². The minimum absolute atomic E-state index is 0.0509. The van der Waals surface area contributed by atoms with Crippen LogP contribution in [0, 0.1) is 25.2 Å². The molecule has 0 heteroatoms. The van der Waals surface area contributed by atoms with Gasteiger partial charge in [0, 0.05) is 5.41 Å². The van der Waals surface area contributed by atoms with Crippen molar-refractivity contribution in [1.82, 2.24) is 0 Å². The molecule has 0 saturated heterocycles. The highest BCUT2D eigenvalue weighted by atomic mass is 14.3. The van der Waals surface area contributed by atoms with Crippen LogP contribution in [-0.2, 0) is 18.3 Å². The first-order valence-electron chi connectivity index (χ1n) is 14.4. The summed E-state index contributed by atoms with van der Waals surface area (Å²) >= 11 is 0. The van der Waals surface area contributed by atoms with Gasteiger partial charge in [0.05, 0.1) is 0 Å². The summed E-state index contributed by atoms with van der Waals surface area (Å²) < 4.78 is 0. The van der Waals surface area contributed by atoms with Crippen molar-refractivity contribution >= 4 is 0 Å². The van der Waals surface area contributed by atoms with E-state index in [0.717, 1.165) is 19.3 Å². The second-order valence-electron chi connectivity index (χ2n) is 12.2. The molecule has 0 aliphatic carbocycles. The number of hydrogen-bond acceptors (Lipinski definition) is 0. The Labute approximate surface area is 222 Å². The van der Waals surface area contributed by atoms with Gasteiger partial charge in [-0.2, -0.15) is 0 Å². The molecule has 0 N–H and O–H groups in total. The molecule has 0 amide bonds. The van der Waals surface area contributed by atoms with Gasteiger partial charge in [-0.1, -0.05) is 116 Å². The third-order valence-corrected chi connectivity index (χ3v) is 8.98. The number of benzene rings is 3. The van der Waals surface area contributed by atoms with Gasteiger partial charge in [-0.05, 0) is 102 Å². The molecule has 0 radical (unpaired) electrons. The Kier molecular flexibility index (Phi) is 9.26. The maximum atomic E-state index is 2.49. The lowest BCUT2D eigenvalue weighted by molar-refractivity contribution is 0.247. The predicted octanol–water partition coefficient (Wildman–Crippen LogP) is 10.6. The number of hydrogen-bond donors (Lipinski definition) is 0. The third kappa shape index (κ3) is 6.13. The molecular weight excluding hydrogens is 432 g/mol. The van der Waals surface area contributed by atoms with Crippen LogP contribution < -0.4 is 0 Å². The van der Waals surface area contributed by atoms with E-state index in [1.807, 2.05) is 0 Å². The maximum Gasteiger partial charge on any atom is 0.0197 e. The molecule has 0 aliphatic rings. The number of rotatable bonds is 10. The van der Waals surface area contributed by atoms with E-state index in [2.05, 4.69) is 123 Å². The van der Waals surface area contributed by atoms with Crippen LogP contribution in [0.5, 0.6) is 0 Å². The Balaban J connectivity index is 1.93. The number of aryl methyl sites for hydroxylation is 4. The second-order valence-corrected chi connectivity index (χ2v) is 12.2. The maximum absolute atomic E-state index is 2.49. The second kappa shape index (κ2) is 11.8. The first-order valence-corrected chi connectivity index (χ1v) is 14.4. The lowest BCUT2D eigenvalue weighted by Crippen LogP contribution is -2.26. The van der Waals surface area contributed by atoms with Gasteiger partial charge in [-0.15, -0.1) is 0 Å². The van der Waals surface area contributed by atoms with Crippen LogP contribution in [0.1, 0.15) is 108 Å². The highest BCUT2D eigenvalue weighted by Crippen LogP contribution is 2.41. The largest absolute Gasteiger partial charge is 0.0651 e. The summed E-state index contributed by atoms with van der Waals surface area (Å²) in [5, 5.41) is 0. The molecule has 36 heavy (non-hydrogen) atoms. The zero-order chi connectivity index (χ0) is 26.5. The van der Waals surface area contributed by atoms with Crippen molar-refractivity contribution < 1.29 is 0 Å². The van der Waals surface area contributed by atoms with Crippen molar-refractivity contribution in [2.45, 2.75) is 106 Å². The topological polar surface area (TPSA) is 0 Å². The Hall–Kier alpha value is -2.34. The van der Waals surface area contributed by atoms with E-state index in [0.29, 0.717) is 11.3 Å². The Bertz CT molecular complexity index is 1140. The van der Waals surface area contributed by atoms with Crippen LogP contribution in [-0.4, -0.2) is 0 Å². The summed E-state index contributed by atoms with van der Waals surface area (Å²) in [4.78, 5) is 0. The van der Waals surface area contributed by atoms with E-state index in [-0.39, 0.29) is 5.41 Å². The highest BCUT2D eigenvalue weighted by Gasteiger charge is 2.31. The summed E-state index contributed by atoms with van der Waals surface area (Å²) in [6.07, 6.45) is 6.95. The van der Waals surface area contributed by atoms with Crippen molar-refractivity contribution in [1.29, 1.82) is 0 Å². The van der Waals surface area contributed by atoms with Crippen LogP contribution in [0.4, 0.5) is 0 Å². The molecule has 0 aliphatic heterocycles. The molecular formula is C36H50. The minimum atomic E-state index is 0.0509. The van der Waals surface area contributed by atoms with Gasteiger partial charge in [0.15, 0.2) is 0 Å². The molecule has 0 spiro atoms. The van der Waals surface area contributed by atoms with Crippen LogP contribution in [0.15, 0.2) is 60.7 Å². The van der Waals surface area contributed by atoms with E-state index in [4.69, 9.17) is 0 Å². The minimum Gasteiger partial charge on any atom is -0.0651 e. The van der Waals surface area contributed by atoms with Crippen LogP contribution in [0.25, 0.3) is 11.1 Å². The van der Waals surface area contributed by atoms with Gasteiger partial charge in [0.2, 0.25) is 0 Å². The zero-order valence-electron chi connectivity index (χ0n) is 24.6. The molecule has 3 aromatic rings. The van der Waals surface area contributed by atoms with Gasteiger partial charge in [0.1, 0.15) is 0 Å². The van der Waals surface area contributed by atoms with E-state index in [1.54, 1.807) is 0 Å². The Morgan fingerprint density at radius 1 is 0.722 bits per heavy atom. The average Bonchev–Trinajstić information content (AvgIpc) is 2.84. The Morgan fingerprint density at radius 2 is 1.36 bits per heavy atom. The normalized spacial score (nSPS) is 13.1. The van der Waals surface area contributed by atoms with Gasteiger partial charge in [0.25, 0.3) is 0 Å². The molecule has 0 fully saturated rings. The zero-order valence-corrected chi connectivity index (χ0v) is 24.6. The molecule has 1 atom stereocenters. The van der Waals surface area contributed by atoms with E-state index in [1.165, 1.54) is 63.8 Å². The lowest BCUT2D eigenvalue weighted by atomic mass is 9.69. The molecule has 0 bridgehead atoms. The fourth-order valence-corrected chi connectivity index (χ4v) is 5.78. The molecule has 0 saturated carbocycles. The molecule has 3 rings (SSSR count). The van der Waals surface area contributed by atoms with E-state index < -0.39 is 0 Å². The Morgan fingerprint density at radius 3 is 1.92 bits per heavy atom. The highest BCUT2D eigenvalue weighted by molar-refractivity contribution is 5.69. The van der Waals surface area contributed by atoms with Crippen molar-refractivity contribution in [2.75, 3.05) is 0 Å². The SMILES string of the molecule is CCCc1cccc(-c2ccc(C(CC)(CC)c3ccc(CCC(C)C(C)(C)C)c(C)c3)cc2C)c1. The first-order chi connectivity index (χ1) is 17.1. The third-order valence-electron chi connectivity index (χ3n) is 8.98. The molecule has 0 heterocycles. The lowest BCUT2D eigenvalue weighted by Gasteiger charge is -2.34. The first kappa shape index (κ1) is 28.2. The van der Waals surface area contributed by atoms with Crippen molar-refractivity contribution in [3.63, 3.8) is 0 Å². The fourth-order valence-electron chi connectivity index (χ4n) is 5.78. The monoisotopic (exact) mass is 482 g/mol.